The second-order valence-electron chi connectivity index (χ2n) is 7.03. The third-order valence-corrected chi connectivity index (χ3v) is 5.39. The highest BCUT2D eigenvalue weighted by atomic mass is 16.5. The number of carbonyl (C=O) groups is 1. The van der Waals surface area contributed by atoms with Crippen molar-refractivity contribution in [2.24, 2.45) is 17.1 Å². The molecule has 0 saturated carbocycles. The molecular weight excluding hydrogens is 316 g/mol. The first-order valence-corrected chi connectivity index (χ1v) is 9.33. The van der Waals surface area contributed by atoms with Gasteiger partial charge in [0.2, 0.25) is 5.91 Å². The maximum atomic E-state index is 12.6. The van der Waals surface area contributed by atoms with Gasteiger partial charge in [0.25, 0.3) is 0 Å². The molecule has 1 aliphatic heterocycles. The lowest BCUT2D eigenvalue weighted by atomic mass is 9.81. The van der Waals surface area contributed by atoms with Crippen molar-refractivity contribution in [2.75, 3.05) is 26.4 Å². The van der Waals surface area contributed by atoms with Crippen LogP contribution in [0.15, 0.2) is 18.2 Å². The topological polar surface area (TPSA) is 73.6 Å². The van der Waals surface area contributed by atoms with Crippen molar-refractivity contribution in [1.82, 2.24) is 5.32 Å². The third kappa shape index (κ3) is 4.95. The smallest absolute Gasteiger partial charge is 0.227 e. The van der Waals surface area contributed by atoms with Crippen LogP contribution in [-0.4, -0.2) is 32.3 Å². The van der Waals surface area contributed by atoms with Gasteiger partial charge in [-0.3, -0.25) is 4.79 Å². The highest BCUT2D eigenvalue weighted by molar-refractivity contribution is 5.82. The monoisotopic (exact) mass is 348 g/mol. The Morgan fingerprint density at radius 3 is 2.76 bits per heavy atom. The minimum Gasteiger partial charge on any atom is -0.493 e. The second kappa shape index (κ2) is 9.20. The van der Waals surface area contributed by atoms with E-state index < -0.39 is 5.41 Å². The fourth-order valence-electron chi connectivity index (χ4n) is 3.18. The summed E-state index contributed by atoms with van der Waals surface area (Å²) in [5.41, 5.74) is 7.53. The predicted octanol–water partition coefficient (Wildman–Crippen LogP) is 2.79. The highest BCUT2D eigenvalue weighted by Gasteiger charge is 2.33. The molecule has 1 aromatic rings. The Morgan fingerprint density at radius 2 is 2.16 bits per heavy atom. The summed E-state index contributed by atoms with van der Waals surface area (Å²) in [6.45, 7) is 9.13. The number of aryl methyl sites for hydroxylation is 1. The first-order valence-electron chi connectivity index (χ1n) is 9.33. The number of ether oxygens (including phenoxy) is 2. The molecule has 0 aliphatic carbocycles. The van der Waals surface area contributed by atoms with Gasteiger partial charge < -0.3 is 20.5 Å². The van der Waals surface area contributed by atoms with Crippen molar-refractivity contribution in [3.05, 3.63) is 29.3 Å². The minimum absolute atomic E-state index is 0.0238. The van der Waals surface area contributed by atoms with Gasteiger partial charge in [-0.1, -0.05) is 26.0 Å². The van der Waals surface area contributed by atoms with Gasteiger partial charge in [0.05, 0.1) is 18.6 Å². The van der Waals surface area contributed by atoms with E-state index in [-0.39, 0.29) is 5.91 Å². The zero-order valence-electron chi connectivity index (χ0n) is 15.8. The molecule has 5 nitrogen and oxygen atoms in total. The van der Waals surface area contributed by atoms with Crippen LogP contribution >= 0.6 is 0 Å². The van der Waals surface area contributed by atoms with Gasteiger partial charge in [-0.05, 0) is 37.8 Å². The van der Waals surface area contributed by atoms with Crippen molar-refractivity contribution in [1.29, 1.82) is 0 Å². The summed E-state index contributed by atoms with van der Waals surface area (Å²) in [7, 11) is 0. The summed E-state index contributed by atoms with van der Waals surface area (Å²) in [5.74, 6) is 1.32. The summed E-state index contributed by atoms with van der Waals surface area (Å²) < 4.78 is 11.4. The van der Waals surface area contributed by atoms with Crippen molar-refractivity contribution in [2.45, 2.75) is 46.6 Å². The number of carbonyl (C=O) groups excluding carboxylic acids is 1. The molecule has 1 fully saturated rings. The number of rotatable bonds is 9. The second-order valence-corrected chi connectivity index (χ2v) is 7.03. The maximum Gasteiger partial charge on any atom is 0.227 e. The standard InChI is InChI=1S/C20H32N2O3/c1-4-20(5-2,14-21)19(23)22-11-17-7-6-15(3)10-18(17)25-13-16-8-9-24-12-16/h6-7,10,16H,4-5,8-9,11-14,21H2,1-3H3,(H,22,23). The average Bonchev–Trinajstić information content (AvgIpc) is 3.14. The highest BCUT2D eigenvalue weighted by Crippen LogP contribution is 2.26. The zero-order valence-corrected chi connectivity index (χ0v) is 15.8. The third-order valence-electron chi connectivity index (χ3n) is 5.39. The molecule has 0 spiro atoms. The first-order chi connectivity index (χ1) is 12.0. The van der Waals surface area contributed by atoms with Gasteiger partial charge in [0, 0.05) is 31.2 Å². The van der Waals surface area contributed by atoms with E-state index in [4.69, 9.17) is 15.2 Å². The molecule has 1 unspecified atom stereocenters. The molecule has 25 heavy (non-hydrogen) atoms. The summed E-state index contributed by atoms with van der Waals surface area (Å²) in [4.78, 5) is 12.6. The van der Waals surface area contributed by atoms with E-state index in [1.54, 1.807) is 0 Å². The largest absolute Gasteiger partial charge is 0.493 e. The molecule has 1 saturated heterocycles. The summed E-state index contributed by atoms with van der Waals surface area (Å²) >= 11 is 0. The van der Waals surface area contributed by atoms with Crippen LogP contribution < -0.4 is 15.8 Å². The number of amides is 1. The molecule has 1 atom stereocenters. The van der Waals surface area contributed by atoms with E-state index in [2.05, 4.69) is 5.32 Å². The lowest BCUT2D eigenvalue weighted by Gasteiger charge is -2.28. The first kappa shape index (κ1) is 19.7. The average molecular weight is 348 g/mol. The molecule has 1 aromatic carbocycles. The Hall–Kier alpha value is -1.59. The van der Waals surface area contributed by atoms with E-state index in [0.29, 0.717) is 25.6 Å². The molecule has 0 aromatic heterocycles. The fourth-order valence-corrected chi connectivity index (χ4v) is 3.18. The lowest BCUT2D eigenvalue weighted by molar-refractivity contribution is -0.131. The SMILES string of the molecule is CCC(CC)(CN)C(=O)NCc1ccc(C)cc1OCC1CCOC1. The Labute approximate surface area is 151 Å². The molecular formula is C20H32N2O3. The minimum atomic E-state index is -0.479. The number of nitrogens with two attached hydrogens (primary N) is 1. The van der Waals surface area contributed by atoms with Crippen LogP contribution in [0.2, 0.25) is 0 Å². The number of hydrogen-bond donors (Lipinski definition) is 2. The molecule has 0 radical (unpaired) electrons. The lowest BCUT2D eigenvalue weighted by Crippen LogP contribution is -2.45. The van der Waals surface area contributed by atoms with Crippen LogP contribution in [0.5, 0.6) is 5.75 Å². The van der Waals surface area contributed by atoms with Crippen molar-refractivity contribution in [3.8, 4) is 5.75 Å². The van der Waals surface area contributed by atoms with Crippen molar-refractivity contribution < 1.29 is 14.3 Å². The van der Waals surface area contributed by atoms with E-state index in [0.717, 1.165) is 49.4 Å². The van der Waals surface area contributed by atoms with Crippen molar-refractivity contribution in [3.63, 3.8) is 0 Å². The molecule has 0 bridgehead atoms. The Bertz CT molecular complexity index is 556. The van der Waals surface area contributed by atoms with Gasteiger partial charge in [-0.25, -0.2) is 0 Å². The molecule has 1 heterocycles. The van der Waals surface area contributed by atoms with Crippen LogP contribution in [0, 0.1) is 18.3 Å². The Kier molecular flexibility index (Phi) is 7.26. The Balaban J connectivity index is 2.01. The maximum absolute atomic E-state index is 12.6. The summed E-state index contributed by atoms with van der Waals surface area (Å²) in [6.07, 6.45) is 2.53. The normalized spacial score (nSPS) is 17.5. The van der Waals surface area contributed by atoms with Crippen LogP contribution in [0.25, 0.3) is 0 Å². The Morgan fingerprint density at radius 1 is 1.40 bits per heavy atom. The van der Waals surface area contributed by atoms with E-state index >= 15 is 0 Å². The number of hydrogen-bond acceptors (Lipinski definition) is 4. The fraction of sp³-hybridized carbons (Fsp3) is 0.650. The molecule has 140 valence electrons. The van der Waals surface area contributed by atoms with Crippen molar-refractivity contribution >= 4 is 5.91 Å². The zero-order chi connectivity index (χ0) is 18.3. The van der Waals surface area contributed by atoms with E-state index in [1.165, 1.54) is 0 Å². The van der Waals surface area contributed by atoms with Gasteiger partial charge in [0.15, 0.2) is 0 Å². The molecule has 1 amide bonds. The predicted molar refractivity (Wildman–Crippen MR) is 99.5 cm³/mol. The van der Waals surface area contributed by atoms with Crippen LogP contribution in [0.3, 0.4) is 0 Å². The van der Waals surface area contributed by atoms with Crippen LogP contribution in [0.4, 0.5) is 0 Å². The number of nitrogens with one attached hydrogen (secondary N) is 1. The molecule has 2 rings (SSSR count). The molecule has 3 N–H and O–H groups in total. The van der Waals surface area contributed by atoms with Gasteiger partial charge >= 0.3 is 0 Å². The van der Waals surface area contributed by atoms with E-state index in [1.807, 2.05) is 39.0 Å². The number of benzene rings is 1. The quantitative estimate of drug-likeness (QED) is 0.720. The van der Waals surface area contributed by atoms with Gasteiger partial charge in [-0.2, -0.15) is 0 Å². The van der Waals surface area contributed by atoms with Gasteiger partial charge in [-0.15, -0.1) is 0 Å². The van der Waals surface area contributed by atoms with Crippen LogP contribution in [0.1, 0.15) is 44.2 Å². The van der Waals surface area contributed by atoms with E-state index in [9.17, 15) is 4.79 Å². The molecule has 1 aliphatic rings. The molecule has 5 heteroatoms. The summed E-state index contributed by atoms with van der Waals surface area (Å²) in [6, 6.07) is 6.11. The van der Waals surface area contributed by atoms with Gasteiger partial charge in [0.1, 0.15) is 5.75 Å². The van der Waals surface area contributed by atoms with Crippen LogP contribution in [-0.2, 0) is 16.1 Å². The summed E-state index contributed by atoms with van der Waals surface area (Å²) in [5, 5.41) is 3.06.